The summed E-state index contributed by atoms with van der Waals surface area (Å²) >= 11 is 0. The highest BCUT2D eigenvalue weighted by Crippen LogP contribution is 2.14. The molecule has 0 atom stereocenters. The van der Waals surface area contributed by atoms with Gasteiger partial charge in [0.2, 0.25) is 0 Å². The smallest absolute Gasteiger partial charge is 0.0109 e. The van der Waals surface area contributed by atoms with Crippen molar-refractivity contribution in [2.75, 3.05) is 39.3 Å². The lowest BCUT2D eigenvalue weighted by Gasteiger charge is -2.23. The second-order valence-electron chi connectivity index (χ2n) is 5.45. The van der Waals surface area contributed by atoms with Gasteiger partial charge < -0.3 is 15.5 Å². The number of hydrogen-bond donors (Lipinski definition) is 1. The molecule has 19 heavy (non-hydrogen) atoms. The SMILES string of the molecule is CCN(CC)CCN(CC)CC.NC1CCCCC1. The molecule has 0 heterocycles. The van der Waals surface area contributed by atoms with E-state index in [9.17, 15) is 0 Å². The zero-order valence-electron chi connectivity index (χ0n) is 13.8. The van der Waals surface area contributed by atoms with E-state index >= 15 is 0 Å². The van der Waals surface area contributed by atoms with E-state index in [0.29, 0.717) is 6.04 Å². The van der Waals surface area contributed by atoms with Gasteiger partial charge in [-0.25, -0.2) is 0 Å². The van der Waals surface area contributed by atoms with E-state index < -0.39 is 0 Å². The predicted molar refractivity (Wildman–Crippen MR) is 86.6 cm³/mol. The Morgan fingerprint density at radius 2 is 1.11 bits per heavy atom. The van der Waals surface area contributed by atoms with Crippen LogP contribution in [-0.4, -0.2) is 55.1 Å². The summed E-state index contributed by atoms with van der Waals surface area (Å²) in [5.74, 6) is 0. The monoisotopic (exact) mass is 271 g/mol. The molecule has 1 fully saturated rings. The largest absolute Gasteiger partial charge is 0.328 e. The Kier molecular flexibility index (Phi) is 12.8. The molecule has 0 aromatic carbocycles. The van der Waals surface area contributed by atoms with Crippen LogP contribution in [0.15, 0.2) is 0 Å². The normalized spacial score (nSPS) is 16.6. The molecule has 2 N–H and O–H groups in total. The van der Waals surface area contributed by atoms with Crippen molar-refractivity contribution in [3.63, 3.8) is 0 Å². The minimum absolute atomic E-state index is 0.536. The van der Waals surface area contributed by atoms with E-state index in [0.717, 1.165) is 0 Å². The molecule has 0 aliphatic heterocycles. The van der Waals surface area contributed by atoms with Crippen molar-refractivity contribution in [1.82, 2.24) is 9.80 Å². The van der Waals surface area contributed by atoms with Crippen molar-refractivity contribution >= 4 is 0 Å². The number of hydrogen-bond acceptors (Lipinski definition) is 3. The minimum atomic E-state index is 0.536. The van der Waals surface area contributed by atoms with Crippen LogP contribution in [0.25, 0.3) is 0 Å². The average Bonchev–Trinajstić information content (AvgIpc) is 2.45. The number of likely N-dealkylation sites (N-methyl/N-ethyl adjacent to an activating group) is 2. The van der Waals surface area contributed by atoms with Crippen LogP contribution in [-0.2, 0) is 0 Å². The average molecular weight is 271 g/mol. The number of nitrogens with zero attached hydrogens (tertiary/aromatic N) is 2. The third-order valence-corrected chi connectivity index (χ3v) is 4.17. The Bertz CT molecular complexity index is 159. The van der Waals surface area contributed by atoms with Gasteiger partial charge in [-0.05, 0) is 39.0 Å². The summed E-state index contributed by atoms with van der Waals surface area (Å²) in [6.45, 7) is 16.1. The molecule has 0 bridgehead atoms. The first-order chi connectivity index (χ1) is 9.17. The van der Waals surface area contributed by atoms with Gasteiger partial charge >= 0.3 is 0 Å². The first kappa shape index (κ1) is 18.9. The van der Waals surface area contributed by atoms with Gasteiger partial charge in [-0.15, -0.1) is 0 Å². The molecule has 0 aromatic rings. The maximum Gasteiger partial charge on any atom is 0.0109 e. The Hall–Kier alpha value is -0.120. The maximum absolute atomic E-state index is 5.63. The highest BCUT2D eigenvalue weighted by Gasteiger charge is 2.06. The summed E-state index contributed by atoms with van der Waals surface area (Å²) in [5, 5.41) is 0. The molecule has 0 unspecified atom stereocenters. The minimum Gasteiger partial charge on any atom is -0.328 e. The summed E-state index contributed by atoms with van der Waals surface area (Å²) < 4.78 is 0. The lowest BCUT2D eigenvalue weighted by molar-refractivity contribution is 0.227. The quantitative estimate of drug-likeness (QED) is 0.773. The molecule has 116 valence electrons. The zero-order valence-corrected chi connectivity index (χ0v) is 13.8. The number of nitrogens with two attached hydrogens (primary N) is 1. The van der Waals surface area contributed by atoms with Gasteiger partial charge in [-0.3, -0.25) is 0 Å². The number of rotatable bonds is 7. The van der Waals surface area contributed by atoms with E-state index in [1.165, 1.54) is 71.4 Å². The molecule has 0 saturated heterocycles. The lowest BCUT2D eigenvalue weighted by Crippen LogP contribution is -2.34. The van der Waals surface area contributed by atoms with Crippen molar-refractivity contribution in [1.29, 1.82) is 0 Å². The van der Waals surface area contributed by atoms with Gasteiger partial charge in [-0.1, -0.05) is 47.0 Å². The van der Waals surface area contributed by atoms with Crippen molar-refractivity contribution < 1.29 is 0 Å². The van der Waals surface area contributed by atoms with Gasteiger partial charge in [0, 0.05) is 19.1 Å². The van der Waals surface area contributed by atoms with E-state index in [2.05, 4.69) is 37.5 Å². The van der Waals surface area contributed by atoms with E-state index in [-0.39, 0.29) is 0 Å². The van der Waals surface area contributed by atoms with Gasteiger partial charge in [0.05, 0.1) is 0 Å². The van der Waals surface area contributed by atoms with Gasteiger partial charge in [0.15, 0.2) is 0 Å². The Morgan fingerprint density at radius 1 is 0.737 bits per heavy atom. The molecule has 1 aliphatic carbocycles. The summed E-state index contributed by atoms with van der Waals surface area (Å²) in [4.78, 5) is 4.94. The first-order valence-electron chi connectivity index (χ1n) is 8.38. The summed E-state index contributed by atoms with van der Waals surface area (Å²) in [5.41, 5.74) is 5.63. The zero-order chi connectivity index (χ0) is 14.5. The molecule has 1 rings (SSSR count). The molecular weight excluding hydrogens is 234 g/mol. The molecule has 0 radical (unpaired) electrons. The molecule has 0 amide bonds. The fourth-order valence-electron chi connectivity index (χ4n) is 2.50. The summed E-state index contributed by atoms with van der Waals surface area (Å²) in [6.07, 6.45) is 6.66. The second kappa shape index (κ2) is 12.9. The van der Waals surface area contributed by atoms with Crippen LogP contribution in [0.2, 0.25) is 0 Å². The predicted octanol–water partition coefficient (Wildman–Crippen LogP) is 2.95. The topological polar surface area (TPSA) is 32.5 Å². The molecule has 3 heteroatoms. The van der Waals surface area contributed by atoms with Crippen LogP contribution in [0.5, 0.6) is 0 Å². The lowest BCUT2D eigenvalue weighted by atomic mass is 9.97. The van der Waals surface area contributed by atoms with Crippen LogP contribution >= 0.6 is 0 Å². The fourth-order valence-corrected chi connectivity index (χ4v) is 2.50. The van der Waals surface area contributed by atoms with E-state index in [1.807, 2.05) is 0 Å². The van der Waals surface area contributed by atoms with Crippen molar-refractivity contribution in [2.45, 2.75) is 65.8 Å². The van der Waals surface area contributed by atoms with Crippen LogP contribution in [0.3, 0.4) is 0 Å². The van der Waals surface area contributed by atoms with Crippen LogP contribution in [0.1, 0.15) is 59.8 Å². The van der Waals surface area contributed by atoms with Crippen molar-refractivity contribution in [3.05, 3.63) is 0 Å². The van der Waals surface area contributed by atoms with Gasteiger partial charge in [0.1, 0.15) is 0 Å². The molecule has 0 spiro atoms. The fraction of sp³-hybridized carbons (Fsp3) is 1.00. The Balaban J connectivity index is 0.000000388. The van der Waals surface area contributed by atoms with Crippen LogP contribution < -0.4 is 5.73 Å². The molecule has 0 aromatic heterocycles. The summed E-state index contributed by atoms with van der Waals surface area (Å²) in [6, 6.07) is 0.536. The first-order valence-corrected chi connectivity index (χ1v) is 8.38. The standard InChI is InChI=1S/C10H24N2.C6H13N/c1-5-11(6-2)9-10-12(7-3)8-4;7-6-4-2-1-3-5-6/h5-10H2,1-4H3;6H,1-5,7H2. The van der Waals surface area contributed by atoms with Crippen LogP contribution in [0.4, 0.5) is 0 Å². The molecular formula is C16H37N3. The van der Waals surface area contributed by atoms with E-state index in [4.69, 9.17) is 5.73 Å². The molecule has 1 aliphatic rings. The summed E-state index contributed by atoms with van der Waals surface area (Å²) in [7, 11) is 0. The van der Waals surface area contributed by atoms with Gasteiger partial charge in [0.25, 0.3) is 0 Å². The van der Waals surface area contributed by atoms with E-state index in [1.54, 1.807) is 0 Å². The van der Waals surface area contributed by atoms with Crippen molar-refractivity contribution in [3.8, 4) is 0 Å². The maximum atomic E-state index is 5.63. The highest BCUT2D eigenvalue weighted by molar-refractivity contribution is 4.66. The third kappa shape index (κ3) is 10.3. The Morgan fingerprint density at radius 3 is 1.32 bits per heavy atom. The van der Waals surface area contributed by atoms with Gasteiger partial charge in [-0.2, -0.15) is 0 Å². The molecule has 3 nitrogen and oxygen atoms in total. The Labute approximate surface area is 121 Å². The molecule has 1 saturated carbocycles. The third-order valence-electron chi connectivity index (χ3n) is 4.17. The van der Waals surface area contributed by atoms with Crippen molar-refractivity contribution in [2.24, 2.45) is 5.73 Å². The second-order valence-corrected chi connectivity index (χ2v) is 5.45. The van der Waals surface area contributed by atoms with Crippen LogP contribution in [0, 0.1) is 0 Å². The highest BCUT2D eigenvalue weighted by atomic mass is 15.2.